The number of benzene rings is 3. The molecule has 0 saturated heterocycles. The van der Waals surface area contributed by atoms with Gasteiger partial charge >= 0.3 is 0 Å². The first-order chi connectivity index (χ1) is 14.8. The number of rotatable bonds is 5. The number of aryl methyl sites for hydroxylation is 1. The summed E-state index contributed by atoms with van der Waals surface area (Å²) >= 11 is 0. The van der Waals surface area contributed by atoms with Gasteiger partial charge in [0.25, 0.3) is 0 Å². The normalized spacial score (nSPS) is 15.0. The number of hydrogen-bond donors (Lipinski definition) is 0. The molecule has 1 aliphatic heterocycles. The van der Waals surface area contributed by atoms with Gasteiger partial charge in [0.15, 0.2) is 5.82 Å². The van der Waals surface area contributed by atoms with Crippen molar-refractivity contribution >= 4 is 0 Å². The molecule has 0 fully saturated rings. The molecule has 4 aromatic rings. The molecule has 0 aliphatic carbocycles. The number of fused-ring (bicyclic) bond motifs is 1. The van der Waals surface area contributed by atoms with Gasteiger partial charge in [-0.3, -0.25) is 4.90 Å². The van der Waals surface area contributed by atoms with Crippen LogP contribution in [0.4, 0.5) is 0 Å². The molecule has 1 aliphatic rings. The SMILES string of the molecule is Cc1ccc(Cn2nnnc2C(c2ccccc2)N2CCc3ccccc3C2)cc1. The fourth-order valence-corrected chi connectivity index (χ4v) is 4.28. The van der Waals surface area contributed by atoms with Crippen LogP contribution >= 0.6 is 0 Å². The Hall–Kier alpha value is -3.31. The Balaban J connectivity index is 1.51. The molecule has 5 rings (SSSR count). The molecule has 150 valence electrons. The lowest BCUT2D eigenvalue weighted by molar-refractivity contribution is 0.195. The summed E-state index contributed by atoms with van der Waals surface area (Å²) in [6.45, 7) is 4.64. The second-order valence-electron chi connectivity index (χ2n) is 7.98. The summed E-state index contributed by atoms with van der Waals surface area (Å²) < 4.78 is 1.95. The molecule has 1 aromatic heterocycles. The van der Waals surface area contributed by atoms with E-state index in [0.717, 1.165) is 25.3 Å². The van der Waals surface area contributed by atoms with Crippen LogP contribution in [0.3, 0.4) is 0 Å². The number of aromatic nitrogens is 4. The number of nitrogens with zero attached hydrogens (tertiary/aromatic N) is 5. The van der Waals surface area contributed by atoms with Crippen LogP contribution in [0.2, 0.25) is 0 Å². The van der Waals surface area contributed by atoms with E-state index < -0.39 is 0 Å². The monoisotopic (exact) mass is 395 g/mol. The standard InChI is InChI=1S/C25H25N5/c1-19-11-13-20(14-12-19)17-30-25(26-27-28-30)24(22-8-3-2-4-9-22)29-16-15-21-7-5-6-10-23(21)18-29/h2-14,24H,15-18H2,1H3. The quantitative estimate of drug-likeness (QED) is 0.509. The van der Waals surface area contributed by atoms with E-state index in [1.54, 1.807) is 0 Å². The molecule has 0 saturated carbocycles. The summed E-state index contributed by atoms with van der Waals surface area (Å²) in [6, 6.07) is 27.9. The van der Waals surface area contributed by atoms with Crippen molar-refractivity contribution in [3.8, 4) is 0 Å². The summed E-state index contributed by atoms with van der Waals surface area (Å²) in [5, 5.41) is 12.9. The van der Waals surface area contributed by atoms with Gasteiger partial charge in [-0.25, -0.2) is 4.68 Å². The Bertz CT molecular complexity index is 1120. The van der Waals surface area contributed by atoms with Crippen molar-refractivity contribution in [1.82, 2.24) is 25.1 Å². The Morgan fingerprint density at radius 1 is 0.867 bits per heavy atom. The van der Waals surface area contributed by atoms with E-state index in [1.807, 2.05) is 4.68 Å². The Morgan fingerprint density at radius 3 is 2.40 bits per heavy atom. The second-order valence-corrected chi connectivity index (χ2v) is 7.98. The van der Waals surface area contributed by atoms with Crippen molar-refractivity contribution in [3.05, 3.63) is 113 Å². The minimum atomic E-state index is 0.0139. The molecule has 0 spiro atoms. The molecule has 0 amide bonds. The van der Waals surface area contributed by atoms with Crippen LogP contribution in [0.25, 0.3) is 0 Å². The highest BCUT2D eigenvalue weighted by molar-refractivity contribution is 5.32. The molecule has 2 heterocycles. The zero-order valence-electron chi connectivity index (χ0n) is 17.1. The van der Waals surface area contributed by atoms with Crippen LogP contribution in [0.5, 0.6) is 0 Å². The van der Waals surface area contributed by atoms with Crippen molar-refractivity contribution in [2.45, 2.75) is 32.5 Å². The molecule has 0 N–H and O–H groups in total. The fraction of sp³-hybridized carbons (Fsp3) is 0.240. The molecule has 1 unspecified atom stereocenters. The predicted molar refractivity (Wildman–Crippen MR) is 117 cm³/mol. The van der Waals surface area contributed by atoms with Crippen LogP contribution in [-0.2, 0) is 19.5 Å². The van der Waals surface area contributed by atoms with Crippen LogP contribution in [0, 0.1) is 6.92 Å². The number of hydrogen-bond acceptors (Lipinski definition) is 4. The third-order valence-electron chi connectivity index (χ3n) is 5.90. The van der Waals surface area contributed by atoms with Crippen LogP contribution in [0.15, 0.2) is 78.9 Å². The predicted octanol–water partition coefficient (Wildman–Crippen LogP) is 4.18. The van der Waals surface area contributed by atoms with E-state index >= 15 is 0 Å². The first kappa shape index (κ1) is 18.7. The van der Waals surface area contributed by atoms with Gasteiger partial charge in [-0.15, -0.1) is 5.10 Å². The van der Waals surface area contributed by atoms with E-state index in [9.17, 15) is 0 Å². The van der Waals surface area contributed by atoms with E-state index in [0.29, 0.717) is 6.54 Å². The highest BCUT2D eigenvalue weighted by Crippen LogP contribution is 2.32. The lowest BCUT2D eigenvalue weighted by atomic mass is 9.96. The first-order valence-electron chi connectivity index (χ1n) is 10.5. The van der Waals surface area contributed by atoms with Gasteiger partial charge in [-0.2, -0.15) is 0 Å². The fourth-order valence-electron chi connectivity index (χ4n) is 4.28. The van der Waals surface area contributed by atoms with E-state index in [2.05, 4.69) is 106 Å². The van der Waals surface area contributed by atoms with Crippen molar-refractivity contribution in [2.75, 3.05) is 6.54 Å². The molecule has 30 heavy (non-hydrogen) atoms. The summed E-state index contributed by atoms with van der Waals surface area (Å²) in [7, 11) is 0. The van der Waals surface area contributed by atoms with Gasteiger partial charge in [0.2, 0.25) is 0 Å². The van der Waals surface area contributed by atoms with Gasteiger partial charge in [0, 0.05) is 13.1 Å². The van der Waals surface area contributed by atoms with Crippen molar-refractivity contribution in [1.29, 1.82) is 0 Å². The summed E-state index contributed by atoms with van der Waals surface area (Å²) in [4.78, 5) is 2.50. The van der Waals surface area contributed by atoms with Crippen LogP contribution in [0.1, 0.15) is 39.7 Å². The van der Waals surface area contributed by atoms with Gasteiger partial charge in [-0.05, 0) is 46.0 Å². The Kier molecular flexibility index (Phi) is 5.11. The lowest BCUT2D eigenvalue weighted by Crippen LogP contribution is -2.36. The smallest absolute Gasteiger partial charge is 0.173 e. The molecule has 5 nitrogen and oxygen atoms in total. The van der Waals surface area contributed by atoms with Crippen LogP contribution < -0.4 is 0 Å². The maximum atomic E-state index is 4.50. The van der Waals surface area contributed by atoms with Crippen molar-refractivity contribution in [2.24, 2.45) is 0 Å². The second kappa shape index (κ2) is 8.20. The Morgan fingerprint density at radius 2 is 1.60 bits per heavy atom. The third kappa shape index (κ3) is 3.76. The van der Waals surface area contributed by atoms with Crippen molar-refractivity contribution in [3.63, 3.8) is 0 Å². The molecular weight excluding hydrogens is 370 g/mol. The topological polar surface area (TPSA) is 46.8 Å². The summed E-state index contributed by atoms with van der Waals surface area (Å²) in [5.41, 5.74) is 6.51. The van der Waals surface area contributed by atoms with Gasteiger partial charge in [0.1, 0.15) is 0 Å². The highest BCUT2D eigenvalue weighted by Gasteiger charge is 2.30. The van der Waals surface area contributed by atoms with Crippen molar-refractivity contribution < 1.29 is 0 Å². The summed E-state index contributed by atoms with van der Waals surface area (Å²) in [5.74, 6) is 0.890. The molecule has 5 heteroatoms. The first-order valence-corrected chi connectivity index (χ1v) is 10.5. The largest absolute Gasteiger partial charge is 0.285 e. The van der Waals surface area contributed by atoms with E-state index in [-0.39, 0.29) is 6.04 Å². The molecular formula is C25H25N5. The molecule has 3 aromatic carbocycles. The number of tetrazole rings is 1. The average molecular weight is 396 g/mol. The zero-order chi connectivity index (χ0) is 20.3. The van der Waals surface area contributed by atoms with Gasteiger partial charge < -0.3 is 0 Å². The molecule has 0 radical (unpaired) electrons. The van der Waals surface area contributed by atoms with Gasteiger partial charge in [0.05, 0.1) is 12.6 Å². The minimum absolute atomic E-state index is 0.0139. The maximum absolute atomic E-state index is 4.50. The van der Waals surface area contributed by atoms with E-state index in [1.165, 1.54) is 27.8 Å². The minimum Gasteiger partial charge on any atom is -0.285 e. The highest BCUT2D eigenvalue weighted by atomic mass is 15.5. The lowest BCUT2D eigenvalue weighted by Gasteiger charge is -2.35. The summed E-state index contributed by atoms with van der Waals surface area (Å²) in [6.07, 6.45) is 1.04. The average Bonchev–Trinajstić information content (AvgIpc) is 3.24. The molecule has 1 atom stereocenters. The zero-order valence-corrected chi connectivity index (χ0v) is 17.1. The Labute approximate surface area is 177 Å². The molecule has 0 bridgehead atoms. The van der Waals surface area contributed by atoms with Crippen LogP contribution in [-0.4, -0.2) is 31.7 Å². The van der Waals surface area contributed by atoms with Gasteiger partial charge in [-0.1, -0.05) is 84.4 Å². The van der Waals surface area contributed by atoms with E-state index in [4.69, 9.17) is 0 Å². The maximum Gasteiger partial charge on any atom is 0.173 e. The third-order valence-corrected chi connectivity index (χ3v) is 5.90.